The predicted molar refractivity (Wildman–Crippen MR) is 106 cm³/mol. The molecule has 1 aliphatic heterocycles. The second kappa shape index (κ2) is 8.31. The van der Waals surface area contributed by atoms with Gasteiger partial charge in [0.15, 0.2) is 11.0 Å². The van der Waals surface area contributed by atoms with Gasteiger partial charge < -0.3 is 14.9 Å². The number of carbonyl (C=O) groups excluding carboxylic acids is 1. The third-order valence-corrected chi connectivity index (χ3v) is 6.24. The van der Waals surface area contributed by atoms with Gasteiger partial charge in [0, 0.05) is 24.6 Å². The number of ether oxygens (including phenoxy) is 1. The minimum Gasteiger partial charge on any atom is -0.388 e. The highest BCUT2D eigenvalue weighted by atomic mass is 32.1. The summed E-state index contributed by atoms with van der Waals surface area (Å²) < 4.78 is 7.34. The predicted octanol–water partition coefficient (Wildman–Crippen LogP) is 1.15. The van der Waals surface area contributed by atoms with Crippen LogP contribution in [0.25, 0.3) is 0 Å². The van der Waals surface area contributed by atoms with E-state index in [-0.39, 0.29) is 22.5 Å². The molecule has 26 heavy (non-hydrogen) atoms. The Morgan fingerprint density at radius 2 is 2.08 bits per heavy atom. The largest absolute Gasteiger partial charge is 0.388 e. The molecule has 0 amide bonds. The Bertz CT molecular complexity index is 827. The van der Waals surface area contributed by atoms with Gasteiger partial charge in [0.25, 0.3) is 5.56 Å². The molecule has 0 saturated carbocycles. The molecule has 2 rings (SSSR count). The van der Waals surface area contributed by atoms with E-state index in [9.17, 15) is 19.8 Å². The van der Waals surface area contributed by atoms with Gasteiger partial charge in [-0.3, -0.25) is 19.1 Å². The van der Waals surface area contributed by atoms with Crippen molar-refractivity contribution in [1.82, 2.24) is 9.55 Å². The summed E-state index contributed by atoms with van der Waals surface area (Å²) in [4.78, 5) is 26.2. The molecule has 9 heteroatoms. The van der Waals surface area contributed by atoms with E-state index >= 15 is 0 Å². The van der Waals surface area contributed by atoms with E-state index in [0.717, 1.165) is 6.16 Å². The van der Waals surface area contributed by atoms with Gasteiger partial charge in [-0.25, -0.2) is 0 Å². The fourth-order valence-corrected chi connectivity index (χ4v) is 4.06. The minimum absolute atomic E-state index is 0.0174. The molecule has 2 heterocycles. The molecule has 1 aliphatic rings. The number of aliphatic hydroxyl groups is 2. The molecule has 146 valence electrons. The zero-order valence-corrected chi connectivity index (χ0v) is 17.1. The molecular weight excluding hydrogens is 375 g/mol. The first-order valence-corrected chi connectivity index (χ1v) is 12.0. The van der Waals surface area contributed by atoms with Gasteiger partial charge in [-0.2, -0.15) is 0 Å². The first kappa shape index (κ1) is 21.3. The maximum absolute atomic E-state index is 12.0. The smallest absolute Gasteiger partial charge is 0.255 e. The van der Waals surface area contributed by atoms with Crippen LogP contribution in [0.1, 0.15) is 31.6 Å². The second-order valence-corrected chi connectivity index (χ2v) is 12.1. The standard InChI is InChI=1S/C17H27N2O5PS/c1-5-11(20)8-10-9-19(17(26)18-15(10)23)16-14(22)13(21)12(24-16)6-7-25(2,3)4/h9,12-14,16,21-22H,2,5-8H2,1,3-4H3,(H,18,23,26)/t12-,13-,14-,16-/m1/s1. The van der Waals surface area contributed by atoms with E-state index in [1.54, 1.807) is 6.92 Å². The number of ketones is 1. The Morgan fingerprint density at radius 3 is 2.65 bits per heavy atom. The molecule has 0 aromatic carbocycles. The maximum atomic E-state index is 12.0. The molecule has 7 nitrogen and oxygen atoms in total. The van der Waals surface area contributed by atoms with Crippen LogP contribution in [0, 0.1) is 4.77 Å². The summed E-state index contributed by atoms with van der Waals surface area (Å²) in [6.07, 6.45) is 3.60. The molecule has 0 spiro atoms. The molecule has 1 aromatic heterocycles. The average molecular weight is 402 g/mol. The van der Waals surface area contributed by atoms with Crippen molar-refractivity contribution in [1.29, 1.82) is 0 Å². The lowest BCUT2D eigenvalue weighted by Gasteiger charge is -2.20. The van der Waals surface area contributed by atoms with Gasteiger partial charge in [0.2, 0.25) is 0 Å². The Kier molecular flexibility index (Phi) is 6.80. The van der Waals surface area contributed by atoms with Crippen LogP contribution in [0.2, 0.25) is 0 Å². The van der Waals surface area contributed by atoms with E-state index in [2.05, 4.69) is 24.6 Å². The van der Waals surface area contributed by atoms with Gasteiger partial charge in [-0.1, -0.05) is 6.92 Å². The number of hydrogen-bond acceptors (Lipinski definition) is 6. The number of nitrogens with one attached hydrogen (secondary N) is 1. The van der Waals surface area contributed by atoms with Crippen LogP contribution in [-0.2, 0) is 16.0 Å². The van der Waals surface area contributed by atoms with E-state index in [4.69, 9.17) is 17.0 Å². The number of Topliss-reactive ketones (excluding diaryl/α,β-unsaturated/α-hetero) is 1. The molecule has 1 saturated heterocycles. The van der Waals surface area contributed by atoms with Gasteiger partial charge in [-0.05, 0) is 38.1 Å². The fraction of sp³-hybridized carbons (Fsp3) is 0.647. The SMILES string of the molecule is C=P(C)(C)CC[C@H]1O[C@@H](n2cc(CC(=O)CC)c(=O)[nH]c2=S)[C@H](O)[C@@H]1O. The number of rotatable bonds is 7. The zero-order valence-electron chi connectivity index (χ0n) is 15.3. The van der Waals surface area contributed by atoms with E-state index in [1.807, 2.05) is 0 Å². The number of aromatic nitrogens is 2. The van der Waals surface area contributed by atoms with Crippen LogP contribution in [0.4, 0.5) is 0 Å². The van der Waals surface area contributed by atoms with Gasteiger partial charge >= 0.3 is 0 Å². The van der Waals surface area contributed by atoms with Crippen molar-refractivity contribution in [2.24, 2.45) is 0 Å². The van der Waals surface area contributed by atoms with Crippen molar-refractivity contribution in [2.75, 3.05) is 19.5 Å². The first-order chi connectivity index (χ1) is 12.0. The average Bonchev–Trinajstić information content (AvgIpc) is 2.82. The van der Waals surface area contributed by atoms with Crippen LogP contribution in [-0.4, -0.2) is 69.7 Å². The molecule has 1 fully saturated rings. The van der Waals surface area contributed by atoms with Crippen molar-refractivity contribution in [3.05, 3.63) is 26.9 Å². The van der Waals surface area contributed by atoms with E-state index in [0.29, 0.717) is 12.8 Å². The summed E-state index contributed by atoms with van der Waals surface area (Å²) in [6.45, 7) is 4.63. The Labute approximate surface area is 158 Å². The molecular formula is C17H27N2O5PS. The fourth-order valence-electron chi connectivity index (χ4n) is 2.85. The maximum Gasteiger partial charge on any atom is 0.255 e. The van der Waals surface area contributed by atoms with Crippen molar-refractivity contribution in [2.45, 2.75) is 50.7 Å². The Morgan fingerprint density at radius 1 is 1.42 bits per heavy atom. The number of aromatic amines is 1. The zero-order chi connectivity index (χ0) is 19.6. The Hall–Kier alpha value is -1.05. The van der Waals surface area contributed by atoms with Crippen molar-refractivity contribution >= 4 is 31.2 Å². The quantitative estimate of drug-likeness (QED) is 0.467. The van der Waals surface area contributed by atoms with Crippen molar-refractivity contribution in [3.63, 3.8) is 0 Å². The second-order valence-electron chi connectivity index (χ2n) is 7.38. The third kappa shape index (κ3) is 5.02. The van der Waals surface area contributed by atoms with Crippen LogP contribution in [0.15, 0.2) is 11.0 Å². The minimum atomic E-state index is -1.28. The molecule has 4 atom stereocenters. The van der Waals surface area contributed by atoms with Crippen LogP contribution >= 0.6 is 19.1 Å². The molecule has 0 radical (unpaired) electrons. The highest BCUT2D eigenvalue weighted by Crippen LogP contribution is 2.39. The summed E-state index contributed by atoms with van der Waals surface area (Å²) in [5.41, 5.74) is -0.176. The van der Waals surface area contributed by atoms with E-state index < -0.39 is 37.0 Å². The van der Waals surface area contributed by atoms with Gasteiger partial charge in [0.1, 0.15) is 18.0 Å². The Balaban J connectivity index is 2.28. The summed E-state index contributed by atoms with van der Waals surface area (Å²) in [5, 5.41) is 20.7. The summed E-state index contributed by atoms with van der Waals surface area (Å²) in [7, 11) is 0. The van der Waals surface area contributed by atoms with Crippen molar-refractivity contribution in [3.8, 4) is 0 Å². The van der Waals surface area contributed by atoms with Crippen LogP contribution in [0.5, 0.6) is 0 Å². The normalized spacial score (nSPS) is 26.2. The van der Waals surface area contributed by atoms with Gasteiger partial charge in [0.05, 0.1) is 6.10 Å². The molecule has 1 aromatic rings. The van der Waals surface area contributed by atoms with E-state index in [1.165, 1.54) is 10.8 Å². The number of aliphatic hydroxyl groups excluding tert-OH is 2. The molecule has 0 bridgehead atoms. The lowest BCUT2D eigenvalue weighted by atomic mass is 10.1. The van der Waals surface area contributed by atoms with Crippen LogP contribution in [0.3, 0.4) is 0 Å². The number of hydrogen-bond donors (Lipinski definition) is 3. The summed E-state index contributed by atoms with van der Waals surface area (Å²) >= 11 is 5.18. The number of H-pyrrole nitrogens is 1. The molecule has 0 aliphatic carbocycles. The third-order valence-electron chi connectivity index (χ3n) is 4.45. The molecule has 0 unspecified atom stereocenters. The highest BCUT2D eigenvalue weighted by Gasteiger charge is 2.43. The summed E-state index contributed by atoms with van der Waals surface area (Å²) in [6, 6.07) is 0. The topological polar surface area (TPSA) is 105 Å². The monoisotopic (exact) mass is 402 g/mol. The van der Waals surface area contributed by atoms with Gasteiger partial charge in [-0.15, -0.1) is 13.2 Å². The highest BCUT2D eigenvalue weighted by molar-refractivity contribution is 7.72. The first-order valence-electron chi connectivity index (χ1n) is 8.58. The number of nitrogens with zero attached hydrogens (tertiary/aromatic N) is 1. The summed E-state index contributed by atoms with van der Waals surface area (Å²) in [5.74, 6) is -0.0772. The lowest BCUT2D eigenvalue weighted by molar-refractivity contribution is -0.118. The molecule has 3 N–H and O–H groups in total. The number of carbonyl (C=O) groups is 1. The van der Waals surface area contributed by atoms with Crippen LogP contribution < -0.4 is 5.56 Å². The van der Waals surface area contributed by atoms with Crippen molar-refractivity contribution < 1.29 is 19.7 Å². The lowest BCUT2D eigenvalue weighted by Crippen LogP contribution is -2.33.